The molecule has 1 heterocycles. The summed E-state index contributed by atoms with van der Waals surface area (Å²) >= 11 is 0. The second-order valence-corrected chi connectivity index (χ2v) is 6.41. The van der Waals surface area contributed by atoms with Crippen molar-refractivity contribution in [1.29, 1.82) is 0 Å². The van der Waals surface area contributed by atoms with Crippen molar-refractivity contribution in [2.24, 2.45) is 0 Å². The number of hydrogen-bond acceptors (Lipinski definition) is 3. The number of carbonyl (C=O) groups is 1. The van der Waals surface area contributed by atoms with Gasteiger partial charge in [0.15, 0.2) is 0 Å². The number of hydrogen-bond donors (Lipinski definition) is 1. The lowest BCUT2D eigenvalue weighted by atomic mass is 10.0. The fourth-order valence-electron chi connectivity index (χ4n) is 3.07. The Hall–Kier alpha value is -1.55. The summed E-state index contributed by atoms with van der Waals surface area (Å²) < 4.78 is 5.77. The van der Waals surface area contributed by atoms with Crippen molar-refractivity contribution < 1.29 is 9.53 Å². The number of nitrogens with zero attached hydrogens (tertiary/aromatic N) is 1. The van der Waals surface area contributed by atoms with Gasteiger partial charge in [-0.25, -0.2) is 0 Å². The molecule has 4 nitrogen and oxygen atoms in total. The van der Waals surface area contributed by atoms with Crippen LogP contribution in [0, 0.1) is 13.8 Å². The Morgan fingerprint density at radius 3 is 2.65 bits per heavy atom. The zero-order chi connectivity index (χ0) is 16.7. The van der Waals surface area contributed by atoms with Gasteiger partial charge in [0.1, 0.15) is 5.75 Å². The van der Waals surface area contributed by atoms with Crippen LogP contribution in [0.1, 0.15) is 43.7 Å². The summed E-state index contributed by atoms with van der Waals surface area (Å²) in [7, 11) is 0. The van der Waals surface area contributed by atoms with Gasteiger partial charge in [-0.1, -0.05) is 13.0 Å². The number of rotatable bonds is 7. The van der Waals surface area contributed by atoms with Gasteiger partial charge in [0.25, 0.3) is 0 Å². The number of amides is 1. The first kappa shape index (κ1) is 17.8. The van der Waals surface area contributed by atoms with Crippen molar-refractivity contribution in [3.8, 4) is 5.75 Å². The van der Waals surface area contributed by atoms with E-state index in [0.717, 1.165) is 44.6 Å². The highest BCUT2D eigenvalue weighted by Crippen LogP contribution is 2.17. The maximum atomic E-state index is 12.6. The molecular weight excluding hydrogens is 288 g/mol. The third-order valence-electron chi connectivity index (χ3n) is 4.60. The quantitative estimate of drug-likeness (QED) is 0.840. The molecule has 0 bridgehead atoms. The Morgan fingerprint density at radius 1 is 1.26 bits per heavy atom. The molecule has 1 aromatic carbocycles. The number of ether oxygens (including phenoxy) is 1. The summed E-state index contributed by atoms with van der Waals surface area (Å²) in [6, 6.07) is 6.47. The molecule has 0 atom stereocenters. The van der Waals surface area contributed by atoms with Crippen molar-refractivity contribution in [1.82, 2.24) is 10.2 Å². The van der Waals surface area contributed by atoms with Crippen molar-refractivity contribution in [2.45, 2.75) is 52.5 Å². The van der Waals surface area contributed by atoms with E-state index in [-0.39, 0.29) is 5.91 Å². The highest BCUT2D eigenvalue weighted by molar-refractivity contribution is 5.76. The molecule has 2 rings (SSSR count). The van der Waals surface area contributed by atoms with Crippen molar-refractivity contribution in [2.75, 3.05) is 26.2 Å². The topological polar surface area (TPSA) is 41.6 Å². The molecular formula is C19H30N2O2. The van der Waals surface area contributed by atoms with Gasteiger partial charge in [-0.05, 0) is 69.5 Å². The molecule has 1 aliphatic heterocycles. The van der Waals surface area contributed by atoms with E-state index in [1.54, 1.807) is 0 Å². The molecule has 1 fully saturated rings. The minimum absolute atomic E-state index is 0.225. The number of benzene rings is 1. The molecule has 1 aliphatic rings. The van der Waals surface area contributed by atoms with Crippen LogP contribution in [-0.2, 0) is 4.79 Å². The summed E-state index contributed by atoms with van der Waals surface area (Å²) in [5.41, 5.74) is 2.48. The molecule has 1 aromatic rings. The Kier molecular flexibility index (Phi) is 6.90. The Labute approximate surface area is 140 Å². The van der Waals surface area contributed by atoms with E-state index >= 15 is 0 Å². The summed E-state index contributed by atoms with van der Waals surface area (Å²) in [6.45, 7) is 9.62. The Bertz CT molecular complexity index is 510. The summed E-state index contributed by atoms with van der Waals surface area (Å²) in [5.74, 6) is 1.08. The van der Waals surface area contributed by atoms with Gasteiger partial charge >= 0.3 is 0 Å². The summed E-state index contributed by atoms with van der Waals surface area (Å²) in [5, 5.41) is 3.36. The normalized spacial score (nSPS) is 15.4. The molecule has 128 valence electrons. The van der Waals surface area contributed by atoms with Gasteiger partial charge in [0.05, 0.1) is 13.0 Å². The third-order valence-corrected chi connectivity index (χ3v) is 4.60. The fraction of sp³-hybridized carbons (Fsp3) is 0.632. The average Bonchev–Trinajstić information content (AvgIpc) is 2.56. The van der Waals surface area contributed by atoms with Crippen molar-refractivity contribution in [3.63, 3.8) is 0 Å². The van der Waals surface area contributed by atoms with Gasteiger partial charge in [-0.15, -0.1) is 0 Å². The zero-order valence-electron chi connectivity index (χ0n) is 14.7. The fourth-order valence-corrected chi connectivity index (χ4v) is 3.07. The van der Waals surface area contributed by atoms with Crippen molar-refractivity contribution >= 4 is 5.91 Å². The summed E-state index contributed by atoms with van der Waals surface area (Å²) in [6.07, 6.45) is 3.58. The molecule has 0 spiro atoms. The van der Waals surface area contributed by atoms with E-state index in [0.29, 0.717) is 19.1 Å². The van der Waals surface area contributed by atoms with Gasteiger partial charge < -0.3 is 15.0 Å². The molecule has 1 amide bonds. The lowest BCUT2D eigenvalue weighted by molar-refractivity contribution is -0.134. The van der Waals surface area contributed by atoms with E-state index in [2.05, 4.69) is 37.1 Å². The number of piperidine rings is 1. The number of nitrogens with one attached hydrogen (secondary N) is 1. The lowest BCUT2D eigenvalue weighted by Gasteiger charge is -2.34. The SMILES string of the molecule is CCCN(C(=O)CCOc1ccc(C)c(C)c1)C1CCNCC1. The van der Waals surface area contributed by atoms with E-state index in [9.17, 15) is 4.79 Å². The molecule has 0 unspecified atom stereocenters. The van der Waals surface area contributed by atoms with Crippen LogP contribution in [0.3, 0.4) is 0 Å². The monoisotopic (exact) mass is 318 g/mol. The van der Waals surface area contributed by atoms with Crippen LogP contribution in [0.2, 0.25) is 0 Å². The number of aryl methyl sites for hydroxylation is 2. The van der Waals surface area contributed by atoms with Crippen LogP contribution in [-0.4, -0.2) is 43.1 Å². The summed E-state index contributed by atoms with van der Waals surface area (Å²) in [4.78, 5) is 14.6. The lowest BCUT2D eigenvalue weighted by Crippen LogP contribution is -2.46. The first-order valence-corrected chi connectivity index (χ1v) is 8.82. The van der Waals surface area contributed by atoms with Crippen LogP contribution in [0.25, 0.3) is 0 Å². The molecule has 1 saturated heterocycles. The van der Waals surface area contributed by atoms with Gasteiger partial charge in [-0.3, -0.25) is 4.79 Å². The van der Waals surface area contributed by atoms with Crippen molar-refractivity contribution in [3.05, 3.63) is 29.3 Å². The molecule has 23 heavy (non-hydrogen) atoms. The van der Waals surface area contributed by atoms with Crippen LogP contribution < -0.4 is 10.1 Å². The molecule has 0 aliphatic carbocycles. The maximum absolute atomic E-state index is 12.6. The third kappa shape index (κ3) is 5.24. The first-order chi connectivity index (χ1) is 11.1. The van der Waals surface area contributed by atoms with Gasteiger partial charge in [0.2, 0.25) is 5.91 Å². The molecule has 0 saturated carbocycles. The average molecular weight is 318 g/mol. The van der Waals surface area contributed by atoms with Crippen LogP contribution in [0.5, 0.6) is 5.75 Å². The van der Waals surface area contributed by atoms with E-state index in [1.165, 1.54) is 11.1 Å². The van der Waals surface area contributed by atoms with E-state index < -0.39 is 0 Å². The molecule has 0 aromatic heterocycles. The van der Waals surface area contributed by atoms with Gasteiger partial charge in [-0.2, -0.15) is 0 Å². The predicted molar refractivity (Wildman–Crippen MR) is 93.9 cm³/mol. The highest BCUT2D eigenvalue weighted by atomic mass is 16.5. The Morgan fingerprint density at radius 2 is 2.00 bits per heavy atom. The number of carbonyl (C=O) groups excluding carboxylic acids is 1. The predicted octanol–water partition coefficient (Wildman–Crippen LogP) is 3.06. The molecule has 0 radical (unpaired) electrons. The first-order valence-electron chi connectivity index (χ1n) is 8.82. The Balaban J connectivity index is 1.84. The second-order valence-electron chi connectivity index (χ2n) is 6.41. The standard InChI is InChI=1S/C19H30N2O2/c1-4-12-21(17-7-10-20-11-8-17)19(22)9-13-23-18-6-5-15(2)16(3)14-18/h5-6,14,17,20H,4,7-13H2,1-3H3. The van der Waals surface area contributed by atoms with Crippen LogP contribution in [0.4, 0.5) is 0 Å². The van der Waals surface area contributed by atoms with Crippen LogP contribution in [0.15, 0.2) is 18.2 Å². The van der Waals surface area contributed by atoms with E-state index in [1.807, 2.05) is 12.1 Å². The largest absolute Gasteiger partial charge is 0.493 e. The van der Waals surface area contributed by atoms with Crippen LogP contribution >= 0.6 is 0 Å². The highest BCUT2D eigenvalue weighted by Gasteiger charge is 2.24. The minimum Gasteiger partial charge on any atom is -0.493 e. The minimum atomic E-state index is 0.225. The zero-order valence-corrected chi connectivity index (χ0v) is 14.7. The van der Waals surface area contributed by atoms with E-state index in [4.69, 9.17) is 4.74 Å². The van der Waals surface area contributed by atoms with Gasteiger partial charge in [0, 0.05) is 12.6 Å². The molecule has 1 N–H and O–H groups in total. The maximum Gasteiger partial charge on any atom is 0.226 e. The smallest absolute Gasteiger partial charge is 0.226 e. The molecule has 4 heteroatoms. The second kappa shape index (κ2) is 8.92.